The lowest BCUT2D eigenvalue weighted by atomic mass is 10.2. The summed E-state index contributed by atoms with van der Waals surface area (Å²) in [6.45, 7) is 0. The quantitative estimate of drug-likeness (QED) is 0.453. The molecule has 7 heteroatoms. The van der Waals surface area contributed by atoms with Crippen LogP contribution in [0.5, 0.6) is 0 Å². The maximum Gasteiger partial charge on any atom is 0.269 e. The summed E-state index contributed by atoms with van der Waals surface area (Å²) >= 11 is 0. The van der Waals surface area contributed by atoms with Gasteiger partial charge in [-0.3, -0.25) is 15.5 Å². The van der Waals surface area contributed by atoms with E-state index in [0.29, 0.717) is 5.82 Å². The van der Waals surface area contributed by atoms with Crippen molar-refractivity contribution in [2.24, 2.45) is 5.10 Å². The van der Waals surface area contributed by atoms with Gasteiger partial charge in [-0.15, -0.1) is 5.10 Å². The average molecular weight is 293 g/mol. The van der Waals surface area contributed by atoms with E-state index in [0.717, 1.165) is 16.3 Å². The number of hydrogen-bond acceptors (Lipinski definition) is 6. The van der Waals surface area contributed by atoms with Crippen molar-refractivity contribution in [3.05, 3.63) is 70.4 Å². The van der Waals surface area contributed by atoms with Crippen molar-refractivity contribution in [3.8, 4) is 0 Å². The zero-order chi connectivity index (χ0) is 15.4. The number of non-ortho nitro benzene ring substituents is 1. The van der Waals surface area contributed by atoms with Gasteiger partial charge in [-0.05, 0) is 17.7 Å². The Hall–Kier alpha value is -3.35. The molecule has 0 aliphatic carbocycles. The highest BCUT2D eigenvalue weighted by atomic mass is 16.6. The predicted octanol–water partition coefficient (Wildman–Crippen LogP) is 2.98. The smallest absolute Gasteiger partial charge is 0.259 e. The zero-order valence-electron chi connectivity index (χ0n) is 11.4. The number of nitrogens with one attached hydrogen (secondary N) is 1. The number of nitro benzene ring substituents is 1. The molecule has 0 aliphatic heterocycles. The molecular weight excluding hydrogens is 282 g/mol. The van der Waals surface area contributed by atoms with Gasteiger partial charge in [-0.2, -0.15) is 10.2 Å². The minimum atomic E-state index is -0.440. The molecule has 3 rings (SSSR count). The van der Waals surface area contributed by atoms with E-state index in [-0.39, 0.29) is 5.69 Å². The molecular formula is C15H11N5O2. The highest BCUT2D eigenvalue weighted by Crippen LogP contribution is 2.19. The molecule has 0 spiro atoms. The minimum absolute atomic E-state index is 0.0463. The molecule has 1 aromatic heterocycles. The molecule has 2 aromatic carbocycles. The van der Waals surface area contributed by atoms with Crippen LogP contribution >= 0.6 is 0 Å². The maximum atomic E-state index is 10.6. The fourth-order valence-electron chi connectivity index (χ4n) is 1.96. The number of anilines is 1. The van der Waals surface area contributed by atoms with E-state index in [4.69, 9.17) is 0 Å². The number of aromatic nitrogens is 2. The van der Waals surface area contributed by atoms with Crippen LogP contribution in [0.25, 0.3) is 10.8 Å². The number of hydrazone groups is 1. The van der Waals surface area contributed by atoms with Crippen molar-refractivity contribution in [1.29, 1.82) is 0 Å². The van der Waals surface area contributed by atoms with Gasteiger partial charge in [0.15, 0.2) is 5.82 Å². The van der Waals surface area contributed by atoms with Crippen LogP contribution in [-0.4, -0.2) is 21.3 Å². The van der Waals surface area contributed by atoms with Crippen LogP contribution in [0.3, 0.4) is 0 Å². The highest BCUT2D eigenvalue weighted by molar-refractivity contribution is 5.91. The first kappa shape index (κ1) is 13.6. The van der Waals surface area contributed by atoms with Gasteiger partial charge in [0, 0.05) is 22.9 Å². The van der Waals surface area contributed by atoms with E-state index in [1.165, 1.54) is 12.1 Å². The van der Waals surface area contributed by atoms with Crippen LogP contribution < -0.4 is 5.43 Å². The van der Waals surface area contributed by atoms with Crippen LogP contribution in [0.1, 0.15) is 5.56 Å². The van der Waals surface area contributed by atoms with Crippen molar-refractivity contribution < 1.29 is 4.92 Å². The normalized spacial score (nSPS) is 10.9. The molecule has 0 fully saturated rings. The number of nitrogens with zero attached hydrogens (tertiary/aromatic N) is 4. The van der Waals surface area contributed by atoms with E-state index in [1.807, 2.05) is 24.3 Å². The molecule has 1 heterocycles. The summed E-state index contributed by atoms with van der Waals surface area (Å²) in [5, 5.41) is 24.5. The second-order valence-electron chi connectivity index (χ2n) is 4.50. The van der Waals surface area contributed by atoms with Crippen LogP contribution in [-0.2, 0) is 0 Å². The molecule has 0 aliphatic rings. The second kappa shape index (κ2) is 5.96. The Morgan fingerprint density at radius 2 is 1.91 bits per heavy atom. The molecule has 22 heavy (non-hydrogen) atoms. The van der Waals surface area contributed by atoms with Gasteiger partial charge in [0.05, 0.1) is 17.3 Å². The summed E-state index contributed by atoms with van der Waals surface area (Å²) in [6, 6.07) is 13.8. The molecule has 0 bridgehead atoms. The summed E-state index contributed by atoms with van der Waals surface area (Å²) in [4.78, 5) is 10.1. The van der Waals surface area contributed by atoms with Crippen LogP contribution in [0, 0.1) is 10.1 Å². The van der Waals surface area contributed by atoms with Crippen molar-refractivity contribution >= 4 is 28.5 Å². The van der Waals surface area contributed by atoms with Crippen LogP contribution in [0.2, 0.25) is 0 Å². The van der Waals surface area contributed by atoms with Crippen molar-refractivity contribution in [2.45, 2.75) is 0 Å². The number of hydrogen-bond donors (Lipinski definition) is 1. The Morgan fingerprint density at radius 3 is 2.68 bits per heavy atom. The van der Waals surface area contributed by atoms with Gasteiger partial charge in [-0.25, -0.2) is 0 Å². The Balaban J connectivity index is 1.77. The molecule has 0 amide bonds. The number of benzene rings is 2. The Bertz CT molecular complexity index is 841. The van der Waals surface area contributed by atoms with E-state index >= 15 is 0 Å². The fourth-order valence-corrected chi connectivity index (χ4v) is 1.96. The SMILES string of the molecule is O=[N+]([O-])c1ccc(/C=N/Nc2nncc3ccccc23)cc1. The average Bonchev–Trinajstić information content (AvgIpc) is 2.55. The molecule has 0 unspecified atom stereocenters. The summed E-state index contributed by atoms with van der Waals surface area (Å²) < 4.78 is 0. The molecule has 0 saturated carbocycles. The topological polar surface area (TPSA) is 93.3 Å². The summed E-state index contributed by atoms with van der Waals surface area (Å²) in [5.74, 6) is 0.552. The Labute approximate surface area is 125 Å². The van der Waals surface area contributed by atoms with Gasteiger partial charge in [0.2, 0.25) is 0 Å². The molecule has 0 radical (unpaired) electrons. The van der Waals surface area contributed by atoms with Gasteiger partial charge in [0.25, 0.3) is 5.69 Å². The minimum Gasteiger partial charge on any atom is -0.259 e. The lowest BCUT2D eigenvalue weighted by Crippen LogP contribution is -1.96. The largest absolute Gasteiger partial charge is 0.269 e. The van der Waals surface area contributed by atoms with E-state index < -0.39 is 4.92 Å². The first-order chi connectivity index (χ1) is 10.7. The molecule has 108 valence electrons. The van der Waals surface area contributed by atoms with E-state index in [9.17, 15) is 10.1 Å². The van der Waals surface area contributed by atoms with Gasteiger partial charge < -0.3 is 0 Å². The maximum absolute atomic E-state index is 10.6. The number of rotatable bonds is 4. The fraction of sp³-hybridized carbons (Fsp3) is 0. The monoisotopic (exact) mass is 293 g/mol. The zero-order valence-corrected chi connectivity index (χ0v) is 11.4. The third kappa shape index (κ3) is 2.88. The third-order valence-electron chi connectivity index (χ3n) is 3.06. The van der Waals surface area contributed by atoms with Gasteiger partial charge in [0.1, 0.15) is 0 Å². The lowest BCUT2D eigenvalue weighted by molar-refractivity contribution is -0.384. The molecule has 0 saturated heterocycles. The van der Waals surface area contributed by atoms with E-state index in [2.05, 4.69) is 20.7 Å². The molecule has 1 N–H and O–H groups in total. The van der Waals surface area contributed by atoms with Crippen LogP contribution in [0.15, 0.2) is 59.8 Å². The van der Waals surface area contributed by atoms with Crippen molar-refractivity contribution in [2.75, 3.05) is 5.43 Å². The standard InChI is InChI=1S/C15H11N5O2/c21-20(22)13-7-5-11(6-8-13)9-16-18-15-14-4-2-1-3-12(14)10-17-19-15/h1-10H,(H,18,19)/b16-9+. The van der Waals surface area contributed by atoms with E-state index in [1.54, 1.807) is 24.5 Å². The number of nitro groups is 1. The van der Waals surface area contributed by atoms with Gasteiger partial charge in [-0.1, -0.05) is 24.3 Å². The molecule has 3 aromatic rings. The summed E-state index contributed by atoms with van der Waals surface area (Å²) in [5.41, 5.74) is 3.62. The molecule has 7 nitrogen and oxygen atoms in total. The first-order valence-corrected chi connectivity index (χ1v) is 6.48. The Morgan fingerprint density at radius 1 is 1.14 bits per heavy atom. The lowest BCUT2D eigenvalue weighted by Gasteiger charge is -2.02. The van der Waals surface area contributed by atoms with Crippen molar-refractivity contribution in [1.82, 2.24) is 10.2 Å². The summed E-state index contributed by atoms with van der Waals surface area (Å²) in [7, 11) is 0. The molecule has 0 atom stereocenters. The second-order valence-corrected chi connectivity index (χ2v) is 4.50. The van der Waals surface area contributed by atoms with Gasteiger partial charge >= 0.3 is 0 Å². The number of fused-ring (bicyclic) bond motifs is 1. The van der Waals surface area contributed by atoms with Crippen molar-refractivity contribution in [3.63, 3.8) is 0 Å². The van der Waals surface area contributed by atoms with Crippen LogP contribution in [0.4, 0.5) is 11.5 Å². The first-order valence-electron chi connectivity index (χ1n) is 6.48. The highest BCUT2D eigenvalue weighted by Gasteiger charge is 2.03. The summed E-state index contributed by atoms with van der Waals surface area (Å²) in [6.07, 6.45) is 3.24. The third-order valence-corrected chi connectivity index (χ3v) is 3.06. The Kier molecular flexibility index (Phi) is 3.69. The predicted molar refractivity (Wildman–Crippen MR) is 83.9 cm³/mol.